The summed E-state index contributed by atoms with van der Waals surface area (Å²) in [7, 11) is 11.4. The quantitative estimate of drug-likeness (QED) is 0.329. The molecule has 0 unspecified atom stereocenters. The van der Waals surface area contributed by atoms with Crippen LogP contribution < -0.4 is 14.2 Å². The molecular formula is C21H27BrN6O7. The normalized spacial score (nSPS) is 10.5. The molecule has 0 N–H and O–H groups in total. The Morgan fingerprint density at radius 1 is 0.800 bits per heavy atom. The van der Waals surface area contributed by atoms with E-state index in [4.69, 9.17) is 14.2 Å². The van der Waals surface area contributed by atoms with E-state index < -0.39 is 9.85 Å². The van der Waals surface area contributed by atoms with E-state index in [1.54, 1.807) is 34.4 Å². The van der Waals surface area contributed by atoms with E-state index in [9.17, 15) is 20.2 Å². The van der Waals surface area contributed by atoms with E-state index >= 15 is 0 Å². The first-order valence-corrected chi connectivity index (χ1v) is 10.6. The lowest BCUT2D eigenvalue weighted by molar-refractivity contribution is -0.386. The maximum absolute atomic E-state index is 11.1. The average molecular weight is 555 g/mol. The van der Waals surface area contributed by atoms with Gasteiger partial charge in [-0.1, -0.05) is 0 Å². The summed E-state index contributed by atoms with van der Waals surface area (Å²) in [5.41, 5.74) is 0.383. The Morgan fingerprint density at radius 2 is 1.23 bits per heavy atom. The maximum Gasteiger partial charge on any atom is 0.341 e. The molecule has 35 heavy (non-hydrogen) atoms. The summed E-state index contributed by atoms with van der Waals surface area (Å²) in [4.78, 5) is 32.3. The number of hydrogen-bond donors (Lipinski definition) is 0. The fourth-order valence-corrected chi connectivity index (χ4v) is 2.96. The third kappa shape index (κ3) is 8.10. The predicted octanol–water partition coefficient (Wildman–Crippen LogP) is 3.83. The number of halogens is 1. The second-order valence-corrected chi connectivity index (χ2v) is 7.90. The topological polar surface area (TPSA) is 146 Å². The lowest BCUT2D eigenvalue weighted by atomic mass is 10.2. The molecule has 0 radical (unpaired) electrons. The van der Waals surface area contributed by atoms with Gasteiger partial charge in [-0.3, -0.25) is 20.2 Å². The fraction of sp³-hybridized carbons (Fsp3) is 0.333. The molecule has 0 spiro atoms. The molecule has 0 amide bonds. The zero-order chi connectivity index (χ0) is 26.7. The number of methoxy groups -OCH3 is 3. The van der Waals surface area contributed by atoms with Crippen molar-refractivity contribution in [3.63, 3.8) is 0 Å². The molecule has 0 aliphatic heterocycles. The van der Waals surface area contributed by atoms with Crippen LogP contribution in [-0.2, 0) is 0 Å². The molecule has 2 rings (SSSR count). The van der Waals surface area contributed by atoms with Gasteiger partial charge < -0.3 is 24.0 Å². The van der Waals surface area contributed by atoms with Crippen molar-refractivity contribution in [1.29, 1.82) is 0 Å². The van der Waals surface area contributed by atoms with Gasteiger partial charge in [0.2, 0.25) is 0 Å². The summed E-state index contributed by atoms with van der Waals surface area (Å²) in [6.07, 6.45) is 9.48. The molecule has 0 aliphatic carbocycles. The van der Waals surface area contributed by atoms with Gasteiger partial charge in [0.05, 0.1) is 47.4 Å². The van der Waals surface area contributed by atoms with Crippen LogP contribution in [0.25, 0.3) is 12.2 Å². The molecule has 0 fully saturated rings. The molecule has 2 aromatic rings. The van der Waals surface area contributed by atoms with Gasteiger partial charge in [0.15, 0.2) is 5.75 Å². The van der Waals surface area contributed by atoms with Gasteiger partial charge in [-0.25, -0.2) is 9.97 Å². The van der Waals surface area contributed by atoms with Gasteiger partial charge in [0.25, 0.3) is 11.8 Å². The van der Waals surface area contributed by atoms with Crippen LogP contribution in [0.15, 0.2) is 29.3 Å². The highest BCUT2D eigenvalue weighted by Gasteiger charge is 2.25. The Balaban J connectivity index is 0.000000351. The van der Waals surface area contributed by atoms with E-state index in [-0.39, 0.29) is 23.1 Å². The number of ether oxygens (including phenoxy) is 3. The zero-order valence-corrected chi connectivity index (χ0v) is 22.0. The summed E-state index contributed by atoms with van der Waals surface area (Å²) >= 11 is 3.24. The van der Waals surface area contributed by atoms with E-state index in [0.29, 0.717) is 21.3 Å². The van der Waals surface area contributed by atoms with Gasteiger partial charge in [0.1, 0.15) is 5.56 Å². The van der Waals surface area contributed by atoms with E-state index in [0.717, 1.165) is 0 Å². The lowest BCUT2D eigenvalue weighted by Crippen LogP contribution is -2.03. The first kappa shape index (κ1) is 29.1. The molecule has 190 valence electrons. The molecule has 0 atom stereocenters. The van der Waals surface area contributed by atoms with Gasteiger partial charge >= 0.3 is 11.4 Å². The Labute approximate surface area is 211 Å². The Morgan fingerprint density at radius 3 is 1.63 bits per heavy atom. The van der Waals surface area contributed by atoms with Crippen LogP contribution in [0.4, 0.5) is 11.4 Å². The monoisotopic (exact) mass is 554 g/mol. The van der Waals surface area contributed by atoms with Crippen LogP contribution in [0.5, 0.6) is 17.5 Å². The summed E-state index contributed by atoms with van der Waals surface area (Å²) in [5.74, 6) is 0.274. The summed E-state index contributed by atoms with van der Waals surface area (Å²) in [6.45, 7) is 0. The van der Waals surface area contributed by atoms with Crippen LogP contribution in [0.1, 0.15) is 11.1 Å². The number of nitrogens with zero attached hydrogens (tertiary/aromatic N) is 6. The van der Waals surface area contributed by atoms with Crippen LogP contribution >= 0.6 is 15.9 Å². The van der Waals surface area contributed by atoms with Gasteiger partial charge in [0, 0.05) is 34.4 Å². The second-order valence-electron chi connectivity index (χ2n) is 7.05. The highest BCUT2D eigenvalue weighted by Crippen LogP contribution is 2.36. The lowest BCUT2D eigenvalue weighted by Gasteiger charge is -2.09. The highest BCUT2D eigenvalue weighted by molar-refractivity contribution is 9.10. The van der Waals surface area contributed by atoms with Crippen LogP contribution in [0.3, 0.4) is 0 Å². The molecule has 0 saturated carbocycles. The molecule has 2 aromatic heterocycles. The van der Waals surface area contributed by atoms with Gasteiger partial charge in [-0.15, -0.1) is 0 Å². The largest absolute Gasteiger partial charge is 0.494 e. The first-order chi connectivity index (χ1) is 16.5. The van der Waals surface area contributed by atoms with Gasteiger partial charge in [-0.2, -0.15) is 0 Å². The fourth-order valence-electron chi connectivity index (χ4n) is 2.54. The molecule has 0 aliphatic rings. The number of hydrogen-bond acceptors (Lipinski definition) is 11. The number of pyridine rings is 2. The van der Waals surface area contributed by atoms with Gasteiger partial charge in [-0.05, 0) is 40.5 Å². The highest BCUT2D eigenvalue weighted by atomic mass is 79.9. The molecule has 14 heteroatoms. The third-order valence-electron chi connectivity index (χ3n) is 4.08. The molecule has 13 nitrogen and oxygen atoms in total. The number of rotatable bonds is 9. The van der Waals surface area contributed by atoms with E-state index in [1.165, 1.54) is 33.7 Å². The van der Waals surface area contributed by atoms with Crippen LogP contribution in [0.2, 0.25) is 0 Å². The van der Waals surface area contributed by atoms with Crippen molar-refractivity contribution < 1.29 is 24.1 Å². The standard InChI is InChI=1S/C11H15N3O4.C10H12BrN3O3/c1-13(2)6-5-8-9(17-3)7-12-11(18-4)10(8)14(15)16;1-13(2)5-4-7-8(11)6-12-10(17-3)9(7)14(15)16/h5-7H,1-4H3;4-6H,1-3H3/b6-5+;5-4+. The Bertz CT molecular complexity index is 1110. The molecule has 0 bridgehead atoms. The van der Waals surface area contributed by atoms with E-state index in [1.807, 2.05) is 28.2 Å². The summed E-state index contributed by atoms with van der Waals surface area (Å²) in [5, 5.41) is 22.1. The number of nitro groups is 2. The summed E-state index contributed by atoms with van der Waals surface area (Å²) < 4.78 is 15.4. The minimum Gasteiger partial charge on any atom is -0.494 e. The molecule has 0 aromatic carbocycles. The van der Waals surface area contributed by atoms with Crippen molar-refractivity contribution in [1.82, 2.24) is 19.8 Å². The Kier molecular flexibility index (Phi) is 11.4. The summed E-state index contributed by atoms with van der Waals surface area (Å²) in [6, 6.07) is 0. The van der Waals surface area contributed by atoms with Crippen molar-refractivity contribution in [2.24, 2.45) is 0 Å². The van der Waals surface area contributed by atoms with Crippen molar-refractivity contribution >= 4 is 39.5 Å². The molecular weight excluding hydrogens is 528 g/mol. The average Bonchev–Trinajstić information content (AvgIpc) is 2.80. The molecule has 0 saturated heterocycles. The van der Waals surface area contributed by atoms with Crippen LogP contribution in [-0.4, -0.2) is 79.1 Å². The van der Waals surface area contributed by atoms with Crippen molar-refractivity contribution in [2.45, 2.75) is 0 Å². The number of aromatic nitrogens is 2. The van der Waals surface area contributed by atoms with Crippen molar-refractivity contribution in [3.8, 4) is 17.5 Å². The predicted molar refractivity (Wildman–Crippen MR) is 135 cm³/mol. The third-order valence-corrected chi connectivity index (χ3v) is 4.71. The van der Waals surface area contributed by atoms with E-state index in [2.05, 4.69) is 25.9 Å². The molecule has 2 heterocycles. The first-order valence-electron chi connectivity index (χ1n) is 9.79. The minimum atomic E-state index is -0.538. The smallest absolute Gasteiger partial charge is 0.341 e. The maximum atomic E-state index is 11.1. The SMILES string of the molecule is COc1cnc(OC)c([N+](=O)[O-])c1/C=C/N(C)C.COc1ncc(Br)c(/C=C/N(C)C)c1[N+](=O)[O-]. The zero-order valence-electron chi connectivity index (χ0n) is 20.4. The minimum absolute atomic E-state index is 0.00314. The van der Waals surface area contributed by atoms with Crippen molar-refractivity contribution in [3.05, 3.63) is 60.6 Å². The van der Waals surface area contributed by atoms with Crippen molar-refractivity contribution in [2.75, 3.05) is 49.5 Å². The second kappa shape index (κ2) is 13.7. The van der Waals surface area contributed by atoms with Crippen LogP contribution in [0, 0.1) is 20.2 Å². The Hall–Kier alpha value is -3.94.